The fourth-order valence-corrected chi connectivity index (χ4v) is 2.54. The number of ether oxygens (including phenoxy) is 2. The Morgan fingerprint density at radius 3 is 2.42 bits per heavy atom. The van der Waals surface area contributed by atoms with Gasteiger partial charge >= 0.3 is 5.97 Å². The molecule has 5 nitrogen and oxygen atoms in total. The summed E-state index contributed by atoms with van der Waals surface area (Å²) in [6.07, 6.45) is 5.88. The first kappa shape index (κ1) is 22.3. The minimum absolute atomic E-state index is 0.384. The lowest BCUT2D eigenvalue weighted by molar-refractivity contribution is -0.180. The summed E-state index contributed by atoms with van der Waals surface area (Å²) in [6.45, 7) is 5.49. The van der Waals surface area contributed by atoms with Gasteiger partial charge in [0.05, 0.1) is 6.61 Å². The molecule has 1 aromatic rings. The smallest absolute Gasteiger partial charge is 0.353 e. The van der Waals surface area contributed by atoms with Crippen LogP contribution in [-0.4, -0.2) is 31.2 Å². The van der Waals surface area contributed by atoms with Gasteiger partial charge in [0.25, 0.3) is 0 Å². The van der Waals surface area contributed by atoms with Crippen molar-refractivity contribution >= 4 is 12.3 Å². The lowest BCUT2D eigenvalue weighted by Gasteiger charge is -2.33. The first-order valence-corrected chi connectivity index (χ1v) is 9.72. The van der Waals surface area contributed by atoms with Gasteiger partial charge in [-0.05, 0) is 24.8 Å². The molecule has 0 fully saturated rings. The first-order valence-electron chi connectivity index (χ1n) is 9.72. The second kappa shape index (κ2) is 13.5. The SMILES string of the molecule is CCCCOC(=O)C(CCCC=O)(NCc1ccccc1)OCCCC. The van der Waals surface area contributed by atoms with Crippen LogP contribution in [0.25, 0.3) is 0 Å². The molecule has 0 amide bonds. The van der Waals surface area contributed by atoms with E-state index in [0.29, 0.717) is 39.0 Å². The number of nitrogens with one attached hydrogen (secondary N) is 1. The number of hydrogen-bond donors (Lipinski definition) is 1. The lowest BCUT2D eigenvalue weighted by atomic mass is 10.0. The van der Waals surface area contributed by atoms with Crippen molar-refractivity contribution in [1.82, 2.24) is 5.32 Å². The molecule has 146 valence electrons. The third-order valence-electron chi connectivity index (χ3n) is 4.18. The van der Waals surface area contributed by atoms with Gasteiger partial charge in [-0.15, -0.1) is 0 Å². The predicted molar refractivity (Wildman–Crippen MR) is 103 cm³/mol. The summed E-state index contributed by atoms with van der Waals surface area (Å²) in [6, 6.07) is 9.87. The second-order valence-corrected chi connectivity index (χ2v) is 6.42. The predicted octanol–water partition coefficient (Wildman–Crippen LogP) is 4.00. The average Bonchev–Trinajstić information content (AvgIpc) is 2.67. The Balaban J connectivity index is 2.88. The van der Waals surface area contributed by atoms with E-state index in [-0.39, 0.29) is 5.97 Å². The molecule has 0 radical (unpaired) electrons. The molecular formula is C21H33NO4. The van der Waals surface area contributed by atoms with E-state index in [1.807, 2.05) is 30.3 Å². The zero-order valence-corrected chi connectivity index (χ0v) is 16.2. The molecule has 1 aromatic carbocycles. The molecule has 1 rings (SSSR count). The van der Waals surface area contributed by atoms with Crippen molar-refractivity contribution in [2.24, 2.45) is 0 Å². The van der Waals surface area contributed by atoms with Gasteiger partial charge in [-0.1, -0.05) is 57.0 Å². The van der Waals surface area contributed by atoms with Gasteiger partial charge in [0.1, 0.15) is 6.29 Å². The molecule has 0 aliphatic rings. The Morgan fingerprint density at radius 2 is 1.77 bits per heavy atom. The van der Waals surface area contributed by atoms with Crippen LogP contribution in [0.3, 0.4) is 0 Å². The summed E-state index contributed by atoms with van der Waals surface area (Å²) in [5.74, 6) is -0.385. The van der Waals surface area contributed by atoms with Crippen LogP contribution in [0.2, 0.25) is 0 Å². The maximum atomic E-state index is 12.9. The number of esters is 1. The minimum Gasteiger partial charge on any atom is -0.463 e. The van der Waals surface area contributed by atoms with Gasteiger partial charge in [-0.3, -0.25) is 5.32 Å². The molecule has 0 heterocycles. The Bertz CT molecular complexity index is 506. The zero-order valence-electron chi connectivity index (χ0n) is 16.2. The van der Waals surface area contributed by atoms with Gasteiger partial charge in [-0.25, -0.2) is 4.79 Å². The summed E-state index contributed by atoms with van der Waals surface area (Å²) in [5, 5.41) is 3.28. The number of aldehydes is 1. The Hall–Kier alpha value is -1.72. The number of rotatable bonds is 15. The van der Waals surface area contributed by atoms with Crippen molar-refractivity contribution in [3.63, 3.8) is 0 Å². The van der Waals surface area contributed by atoms with Gasteiger partial charge in [0.15, 0.2) is 0 Å². The van der Waals surface area contributed by atoms with E-state index in [4.69, 9.17) is 9.47 Å². The van der Waals surface area contributed by atoms with Crippen LogP contribution in [0.5, 0.6) is 0 Å². The lowest BCUT2D eigenvalue weighted by Crippen LogP contribution is -2.55. The largest absolute Gasteiger partial charge is 0.463 e. The highest BCUT2D eigenvalue weighted by Crippen LogP contribution is 2.21. The van der Waals surface area contributed by atoms with Gasteiger partial charge in [0.2, 0.25) is 5.72 Å². The molecule has 26 heavy (non-hydrogen) atoms. The number of hydrogen-bond acceptors (Lipinski definition) is 5. The van der Waals surface area contributed by atoms with E-state index < -0.39 is 5.72 Å². The Morgan fingerprint density at radius 1 is 1.08 bits per heavy atom. The van der Waals surface area contributed by atoms with Gasteiger partial charge in [0, 0.05) is 26.0 Å². The summed E-state index contributed by atoms with van der Waals surface area (Å²) >= 11 is 0. The van der Waals surface area contributed by atoms with E-state index in [0.717, 1.165) is 37.5 Å². The normalized spacial score (nSPS) is 13.2. The fraction of sp³-hybridized carbons (Fsp3) is 0.619. The Labute approximate surface area is 157 Å². The summed E-state index contributed by atoms with van der Waals surface area (Å²) < 4.78 is 11.5. The molecule has 0 aliphatic carbocycles. The second-order valence-electron chi connectivity index (χ2n) is 6.42. The van der Waals surface area contributed by atoms with Crippen molar-refractivity contribution in [2.45, 2.75) is 71.1 Å². The van der Waals surface area contributed by atoms with E-state index in [9.17, 15) is 9.59 Å². The first-order chi connectivity index (χ1) is 12.7. The molecule has 0 aliphatic heterocycles. The van der Waals surface area contributed by atoms with Crippen LogP contribution in [0, 0.1) is 0 Å². The van der Waals surface area contributed by atoms with Crippen LogP contribution in [0.15, 0.2) is 30.3 Å². The summed E-state index contributed by atoms with van der Waals surface area (Å²) in [7, 11) is 0. The third-order valence-corrected chi connectivity index (χ3v) is 4.18. The zero-order chi connectivity index (χ0) is 19.1. The highest BCUT2D eigenvalue weighted by atomic mass is 16.6. The molecule has 5 heteroatoms. The quantitative estimate of drug-likeness (QED) is 0.221. The summed E-state index contributed by atoms with van der Waals surface area (Å²) in [4.78, 5) is 23.6. The van der Waals surface area contributed by atoms with E-state index in [1.165, 1.54) is 0 Å². The fourth-order valence-electron chi connectivity index (χ4n) is 2.54. The van der Waals surface area contributed by atoms with Crippen molar-refractivity contribution in [3.8, 4) is 0 Å². The number of unbranched alkanes of at least 4 members (excludes halogenated alkanes) is 3. The van der Waals surface area contributed by atoms with Crippen LogP contribution in [0.1, 0.15) is 64.4 Å². The number of carbonyl (C=O) groups is 2. The van der Waals surface area contributed by atoms with Crippen LogP contribution < -0.4 is 5.32 Å². The van der Waals surface area contributed by atoms with E-state index >= 15 is 0 Å². The molecule has 1 N–H and O–H groups in total. The van der Waals surface area contributed by atoms with Crippen molar-refractivity contribution in [3.05, 3.63) is 35.9 Å². The maximum Gasteiger partial charge on any atom is 0.353 e. The van der Waals surface area contributed by atoms with Crippen LogP contribution in [-0.2, 0) is 25.6 Å². The molecule has 0 saturated carbocycles. The average molecular weight is 363 g/mol. The highest BCUT2D eigenvalue weighted by molar-refractivity contribution is 5.79. The molecule has 1 unspecified atom stereocenters. The summed E-state index contributed by atoms with van der Waals surface area (Å²) in [5.41, 5.74) is -0.144. The molecule has 0 aromatic heterocycles. The standard InChI is InChI=1S/C21H33NO4/c1-3-5-16-25-20(24)21(14-10-11-15-23,26-17-6-4-2)22-18-19-12-8-7-9-13-19/h7-9,12-13,15,22H,3-6,10-11,14,16-18H2,1-2H3. The van der Waals surface area contributed by atoms with Crippen LogP contribution >= 0.6 is 0 Å². The molecule has 0 saturated heterocycles. The van der Waals surface area contributed by atoms with Gasteiger partial charge in [-0.2, -0.15) is 0 Å². The number of carbonyl (C=O) groups excluding carboxylic acids is 2. The minimum atomic E-state index is -1.21. The van der Waals surface area contributed by atoms with Crippen LogP contribution in [0.4, 0.5) is 0 Å². The van der Waals surface area contributed by atoms with Crippen molar-refractivity contribution in [2.75, 3.05) is 13.2 Å². The van der Waals surface area contributed by atoms with Gasteiger partial charge < -0.3 is 14.3 Å². The highest BCUT2D eigenvalue weighted by Gasteiger charge is 2.40. The molecule has 0 spiro atoms. The Kier molecular flexibility index (Phi) is 11.6. The third kappa shape index (κ3) is 8.11. The van der Waals surface area contributed by atoms with E-state index in [2.05, 4.69) is 19.2 Å². The maximum absolute atomic E-state index is 12.9. The topological polar surface area (TPSA) is 64.6 Å². The van der Waals surface area contributed by atoms with E-state index in [1.54, 1.807) is 0 Å². The molecular weight excluding hydrogens is 330 g/mol. The number of benzene rings is 1. The molecule has 0 bridgehead atoms. The monoisotopic (exact) mass is 363 g/mol. The van der Waals surface area contributed by atoms with Crippen molar-refractivity contribution < 1.29 is 19.1 Å². The molecule has 1 atom stereocenters. The van der Waals surface area contributed by atoms with Crippen molar-refractivity contribution in [1.29, 1.82) is 0 Å².